The number of esters is 1. The molecular formula is C18H27NO4. The molecule has 0 aromatic heterocycles. The first-order valence-electron chi connectivity index (χ1n) is 8.01. The zero-order valence-corrected chi connectivity index (χ0v) is 14.5. The Kier molecular flexibility index (Phi) is 8.33. The van der Waals surface area contributed by atoms with Gasteiger partial charge in [-0.05, 0) is 32.4 Å². The maximum atomic E-state index is 12.7. The predicted octanol–water partition coefficient (Wildman–Crippen LogP) is 2.67. The Morgan fingerprint density at radius 2 is 2.04 bits per heavy atom. The van der Waals surface area contributed by atoms with Crippen LogP contribution in [0.25, 0.3) is 0 Å². The van der Waals surface area contributed by atoms with Gasteiger partial charge in [0.25, 0.3) is 5.91 Å². The van der Waals surface area contributed by atoms with Gasteiger partial charge in [-0.25, -0.2) is 0 Å². The van der Waals surface area contributed by atoms with Gasteiger partial charge in [0.05, 0.1) is 13.0 Å². The summed E-state index contributed by atoms with van der Waals surface area (Å²) in [5.74, 6) is -0.737. The first-order valence-corrected chi connectivity index (χ1v) is 8.01. The number of rotatable bonds is 9. The first-order chi connectivity index (χ1) is 11.0. The Labute approximate surface area is 138 Å². The van der Waals surface area contributed by atoms with Crippen LogP contribution < -0.4 is 0 Å². The van der Waals surface area contributed by atoms with Gasteiger partial charge in [-0.2, -0.15) is 0 Å². The highest BCUT2D eigenvalue weighted by molar-refractivity contribution is 5.94. The van der Waals surface area contributed by atoms with E-state index in [0.29, 0.717) is 31.9 Å². The molecule has 0 aliphatic rings. The minimum atomic E-state index is -0.360. The maximum Gasteiger partial charge on any atom is 0.310 e. The zero-order chi connectivity index (χ0) is 17.2. The molecule has 0 fully saturated rings. The standard InChI is InChI=1S/C18H27NO4/c1-5-23-11-7-10-19(13-15(3)18(21)22-4)17(20)16-9-6-8-14(2)12-16/h6,8-9,12,15H,5,7,10-11,13H2,1-4H3. The minimum absolute atomic E-state index is 0.0686. The van der Waals surface area contributed by atoms with E-state index in [1.807, 2.05) is 32.0 Å². The molecule has 0 saturated heterocycles. The Hall–Kier alpha value is -1.88. The van der Waals surface area contributed by atoms with Crippen LogP contribution in [0.4, 0.5) is 0 Å². The van der Waals surface area contributed by atoms with Gasteiger partial charge in [0.1, 0.15) is 0 Å². The lowest BCUT2D eigenvalue weighted by Crippen LogP contribution is -2.38. The van der Waals surface area contributed by atoms with Gasteiger partial charge in [-0.3, -0.25) is 9.59 Å². The third-order valence-corrected chi connectivity index (χ3v) is 3.57. The molecule has 0 N–H and O–H groups in total. The third-order valence-electron chi connectivity index (χ3n) is 3.57. The zero-order valence-electron chi connectivity index (χ0n) is 14.5. The second-order valence-corrected chi connectivity index (χ2v) is 5.60. The molecule has 0 bridgehead atoms. The van der Waals surface area contributed by atoms with E-state index in [1.165, 1.54) is 7.11 Å². The van der Waals surface area contributed by atoms with E-state index in [9.17, 15) is 9.59 Å². The fourth-order valence-corrected chi connectivity index (χ4v) is 2.34. The minimum Gasteiger partial charge on any atom is -0.469 e. The number of benzene rings is 1. The first kappa shape index (κ1) is 19.2. The van der Waals surface area contributed by atoms with E-state index in [-0.39, 0.29) is 17.8 Å². The van der Waals surface area contributed by atoms with Crippen LogP contribution in [0.1, 0.15) is 36.2 Å². The van der Waals surface area contributed by atoms with Crippen LogP contribution in [0.5, 0.6) is 0 Å². The molecule has 0 aliphatic heterocycles. The van der Waals surface area contributed by atoms with Crippen LogP contribution in [-0.4, -0.2) is 50.2 Å². The number of carbonyl (C=O) groups is 2. The maximum absolute atomic E-state index is 12.7. The lowest BCUT2D eigenvalue weighted by molar-refractivity contribution is -0.145. The molecule has 1 aromatic rings. The summed E-state index contributed by atoms with van der Waals surface area (Å²) in [4.78, 5) is 26.1. The second kappa shape index (κ2) is 10.0. The van der Waals surface area contributed by atoms with E-state index in [4.69, 9.17) is 9.47 Å². The SMILES string of the molecule is CCOCCCN(CC(C)C(=O)OC)C(=O)c1cccc(C)c1. The van der Waals surface area contributed by atoms with Crippen molar-refractivity contribution in [1.82, 2.24) is 4.90 Å². The molecule has 0 heterocycles. The molecule has 1 atom stereocenters. The summed E-state index contributed by atoms with van der Waals surface area (Å²) in [5.41, 5.74) is 1.67. The highest BCUT2D eigenvalue weighted by atomic mass is 16.5. The number of hydrogen-bond donors (Lipinski definition) is 0. The molecule has 1 aromatic carbocycles. The number of ether oxygens (including phenoxy) is 2. The van der Waals surface area contributed by atoms with E-state index < -0.39 is 0 Å². The predicted molar refractivity (Wildman–Crippen MR) is 89.4 cm³/mol. The molecule has 5 nitrogen and oxygen atoms in total. The number of amides is 1. The third kappa shape index (κ3) is 6.40. The monoisotopic (exact) mass is 321 g/mol. The molecule has 0 spiro atoms. The van der Waals surface area contributed by atoms with E-state index in [0.717, 1.165) is 12.0 Å². The van der Waals surface area contributed by atoms with Gasteiger partial charge < -0.3 is 14.4 Å². The number of carbonyl (C=O) groups excluding carboxylic acids is 2. The van der Waals surface area contributed by atoms with Crippen LogP contribution in [0.3, 0.4) is 0 Å². The molecule has 128 valence electrons. The molecule has 23 heavy (non-hydrogen) atoms. The van der Waals surface area contributed by atoms with Crippen LogP contribution in [-0.2, 0) is 14.3 Å². The molecular weight excluding hydrogens is 294 g/mol. The quantitative estimate of drug-likeness (QED) is 0.518. The number of hydrogen-bond acceptors (Lipinski definition) is 4. The number of nitrogens with zero attached hydrogens (tertiary/aromatic N) is 1. The average molecular weight is 321 g/mol. The van der Waals surface area contributed by atoms with E-state index in [2.05, 4.69) is 0 Å². The summed E-state index contributed by atoms with van der Waals surface area (Å²) in [6.45, 7) is 7.80. The summed E-state index contributed by atoms with van der Waals surface area (Å²) >= 11 is 0. The molecule has 0 saturated carbocycles. The fraction of sp³-hybridized carbons (Fsp3) is 0.556. The summed E-state index contributed by atoms with van der Waals surface area (Å²) in [6.07, 6.45) is 0.735. The van der Waals surface area contributed by atoms with Crippen molar-refractivity contribution in [2.75, 3.05) is 33.4 Å². The summed E-state index contributed by atoms with van der Waals surface area (Å²) in [5, 5.41) is 0. The van der Waals surface area contributed by atoms with Crippen molar-refractivity contribution in [2.45, 2.75) is 27.2 Å². The Bertz CT molecular complexity index is 515. The summed E-state index contributed by atoms with van der Waals surface area (Å²) in [7, 11) is 1.36. The topological polar surface area (TPSA) is 55.8 Å². The molecule has 1 amide bonds. The van der Waals surface area contributed by atoms with Gasteiger partial charge in [-0.1, -0.05) is 24.6 Å². The largest absolute Gasteiger partial charge is 0.469 e. The second-order valence-electron chi connectivity index (χ2n) is 5.60. The molecule has 1 rings (SSSR count). The Morgan fingerprint density at radius 3 is 2.65 bits per heavy atom. The van der Waals surface area contributed by atoms with Crippen LogP contribution in [0.15, 0.2) is 24.3 Å². The average Bonchev–Trinajstić information content (AvgIpc) is 2.56. The van der Waals surface area contributed by atoms with Crippen molar-refractivity contribution in [3.05, 3.63) is 35.4 Å². The van der Waals surface area contributed by atoms with Crippen molar-refractivity contribution in [3.63, 3.8) is 0 Å². The van der Waals surface area contributed by atoms with Gasteiger partial charge in [0, 0.05) is 31.9 Å². The van der Waals surface area contributed by atoms with Crippen molar-refractivity contribution in [3.8, 4) is 0 Å². The fourth-order valence-electron chi connectivity index (χ4n) is 2.34. The molecule has 1 unspecified atom stereocenters. The molecule has 0 aliphatic carbocycles. The normalized spacial score (nSPS) is 11.8. The Balaban J connectivity index is 2.80. The van der Waals surface area contributed by atoms with Gasteiger partial charge in [-0.15, -0.1) is 0 Å². The van der Waals surface area contributed by atoms with Crippen molar-refractivity contribution < 1.29 is 19.1 Å². The Morgan fingerprint density at radius 1 is 1.30 bits per heavy atom. The van der Waals surface area contributed by atoms with E-state index in [1.54, 1.807) is 17.9 Å². The van der Waals surface area contributed by atoms with Crippen LogP contribution in [0, 0.1) is 12.8 Å². The highest BCUT2D eigenvalue weighted by Crippen LogP contribution is 2.11. The smallest absolute Gasteiger partial charge is 0.310 e. The highest BCUT2D eigenvalue weighted by Gasteiger charge is 2.22. The van der Waals surface area contributed by atoms with Gasteiger partial charge >= 0.3 is 5.97 Å². The lowest BCUT2D eigenvalue weighted by Gasteiger charge is -2.25. The summed E-state index contributed by atoms with van der Waals surface area (Å²) < 4.78 is 10.1. The van der Waals surface area contributed by atoms with Gasteiger partial charge in [0.2, 0.25) is 0 Å². The summed E-state index contributed by atoms with van der Waals surface area (Å²) in [6, 6.07) is 7.48. The van der Waals surface area contributed by atoms with Crippen molar-refractivity contribution in [2.24, 2.45) is 5.92 Å². The molecule has 5 heteroatoms. The number of aryl methyl sites for hydroxylation is 1. The van der Waals surface area contributed by atoms with Crippen LogP contribution in [0.2, 0.25) is 0 Å². The molecule has 0 radical (unpaired) electrons. The van der Waals surface area contributed by atoms with Crippen molar-refractivity contribution in [1.29, 1.82) is 0 Å². The lowest BCUT2D eigenvalue weighted by atomic mass is 10.1. The van der Waals surface area contributed by atoms with Crippen LogP contribution >= 0.6 is 0 Å². The van der Waals surface area contributed by atoms with Crippen molar-refractivity contribution >= 4 is 11.9 Å². The van der Waals surface area contributed by atoms with Gasteiger partial charge in [0.15, 0.2) is 0 Å². The van der Waals surface area contributed by atoms with E-state index >= 15 is 0 Å². The number of methoxy groups -OCH3 is 1.